The Hall–Kier alpha value is -0.830. The first-order chi connectivity index (χ1) is 14.5. The smallest absolute Gasteiger partial charge is 0.346 e. The highest BCUT2D eigenvalue weighted by molar-refractivity contribution is 7.72. The molecule has 3 fully saturated rings. The number of ether oxygens (including phenoxy) is 4. The minimum atomic E-state index is -4.87. The zero-order valence-corrected chi connectivity index (χ0v) is 18.4. The molecular formula is C12H17N2O14P3. The van der Waals surface area contributed by atoms with Gasteiger partial charge in [0.05, 0.1) is 6.61 Å². The summed E-state index contributed by atoms with van der Waals surface area (Å²) in [6, 6.07) is 0. The van der Waals surface area contributed by atoms with Crippen LogP contribution in [-0.4, -0.2) is 57.8 Å². The molecule has 4 rings (SSSR count). The van der Waals surface area contributed by atoms with Gasteiger partial charge in [-0.05, 0) is 6.92 Å². The Kier molecular flexibility index (Phi) is 6.40. The van der Waals surface area contributed by atoms with Crippen LogP contribution < -0.4 is 11.2 Å². The number of nitrogens with zero attached hydrogens (tertiary/aromatic N) is 1. The van der Waals surface area contributed by atoms with Crippen molar-refractivity contribution >= 4 is 24.2 Å². The first-order valence-corrected chi connectivity index (χ1v) is 12.6. The third-order valence-corrected chi connectivity index (χ3v) is 9.05. The number of aryl methyl sites for hydroxylation is 1. The fourth-order valence-electron chi connectivity index (χ4n) is 3.08. The van der Waals surface area contributed by atoms with Crippen LogP contribution in [0, 0.1) is 6.92 Å². The van der Waals surface area contributed by atoms with Crippen molar-refractivity contribution < 1.29 is 55.3 Å². The van der Waals surface area contributed by atoms with Gasteiger partial charge in [0.25, 0.3) is 12.0 Å². The van der Waals surface area contributed by atoms with Crippen LogP contribution in [0.5, 0.6) is 0 Å². The van der Waals surface area contributed by atoms with Crippen LogP contribution in [-0.2, 0) is 45.5 Å². The van der Waals surface area contributed by atoms with E-state index in [1.54, 1.807) is 0 Å². The minimum Gasteiger partial charge on any atom is -0.346 e. The SMILES string of the molecule is COC1OC2[C@@H](O1)[C@@H](COP1OP(=O)(O)OP(=O)(O)O1)O[C@H]2n1cc(C)c(=O)[nH]c1=O. The van der Waals surface area contributed by atoms with Crippen LogP contribution in [0.25, 0.3) is 0 Å². The van der Waals surface area contributed by atoms with Crippen molar-refractivity contribution in [1.82, 2.24) is 9.55 Å². The Morgan fingerprint density at radius 2 is 1.81 bits per heavy atom. The maximum atomic E-state index is 12.3. The van der Waals surface area contributed by atoms with E-state index in [0.717, 1.165) is 4.57 Å². The summed E-state index contributed by atoms with van der Waals surface area (Å²) in [5.41, 5.74) is -1.08. The molecule has 0 aromatic carbocycles. The predicted molar refractivity (Wildman–Crippen MR) is 96.3 cm³/mol. The van der Waals surface area contributed by atoms with E-state index in [4.69, 9.17) is 23.5 Å². The summed E-state index contributed by atoms with van der Waals surface area (Å²) >= 11 is 0. The number of phosphoric acid groups is 2. The first-order valence-electron chi connectivity index (χ1n) is 8.49. The molecule has 1 aromatic rings. The van der Waals surface area contributed by atoms with Crippen LogP contribution in [0.3, 0.4) is 0 Å². The average molecular weight is 506 g/mol. The molecule has 0 saturated carbocycles. The van der Waals surface area contributed by atoms with Gasteiger partial charge in [0, 0.05) is 18.9 Å². The van der Waals surface area contributed by atoms with E-state index in [9.17, 15) is 28.5 Å². The van der Waals surface area contributed by atoms with Gasteiger partial charge in [-0.15, -0.1) is 0 Å². The zero-order chi connectivity index (χ0) is 22.6. The van der Waals surface area contributed by atoms with Crippen molar-refractivity contribution in [2.24, 2.45) is 0 Å². The molecule has 1 aromatic heterocycles. The number of H-pyrrole nitrogens is 1. The van der Waals surface area contributed by atoms with Gasteiger partial charge in [0.2, 0.25) is 0 Å². The molecule has 0 amide bonds. The summed E-state index contributed by atoms with van der Waals surface area (Å²) in [6.07, 6.45) is -2.43. The Balaban J connectivity index is 1.53. The Morgan fingerprint density at radius 1 is 1.16 bits per heavy atom. The Morgan fingerprint density at radius 3 is 2.45 bits per heavy atom. The molecule has 0 radical (unpaired) electrons. The van der Waals surface area contributed by atoms with Crippen LogP contribution >= 0.6 is 24.2 Å². The second kappa shape index (κ2) is 8.50. The number of fused-ring (bicyclic) bond motifs is 1. The number of methoxy groups -OCH3 is 1. The second-order valence-corrected chi connectivity index (χ2v) is 11.0. The second-order valence-electron chi connectivity index (χ2n) is 6.47. The number of rotatable bonds is 5. The van der Waals surface area contributed by atoms with Crippen molar-refractivity contribution in [3.05, 3.63) is 32.6 Å². The van der Waals surface area contributed by atoms with E-state index in [1.165, 1.54) is 20.2 Å². The molecule has 0 bridgehead atoms. The maximum absolute atomic E-state index is 12.3. The number of aromatic nitrogens is 2. The normalized spacial score (nSPS) is 42.6. The van der Waals surface area contributed by atoms with Crippen molar-refractivity contribution in [2.75, 3.05) is 13.7 Å². The molecule has 31 heavy (non-hydrogen) atoms. The molecule has 3 aliphatic heterocycles. The molecule has 4 unspecified atom stereocenters. The molecule has 0 spiro atoms. The Bertz CT molecular complexity index is 1030. The maximum Gasteiger partial charge on any atom is 0.488 e. The number of aromatic amines is 1. The lowest BCUT2D eigenvalue weighted by Crippen LogP contribution is -2.37. The van der Waals surface area contributed by atoms with Crippen LogP contribution in [0.4, 0.5) is 0 Å². The number of hydrogen-bond acceptors (Lipinski definition) is 12. The van der Waals surface area contributed by atoms with Crippen molar-refractivity contribution in [3.63, 3.8) is 0 Å². The first kappa shape index (κ1) is 23.3. The van der Waals surface area contributed by atoms with Gasteiger partial charge < -0.3 is 33.3 Å². The third kappa shape index (κ3) is 4.92. The van der Waals surface area contributed by atoms with Crippen LogP contribution in [0.2, 0.25) is 0 Å². The lowest BCUT2D eigenvalue weighted by molar-refractivity contribution is -0.256. The van der Waals surface area contributed by atoms with E-state index in [2.05, 4.69) is 17.9 Å². The van der Waals surface area contributed by atoms with E-state index in [0.29, 0.717) is 0 Å². The largest absolute Gasteiger partial charge is 0.488 e. The summed E-state index contributed by atoms with van der Waals surface area (Å²) in [4.78, 5) is 44.7. The fourth-order valence-corrected chi connectivity index (χ4v) is 7.28. The number of hydrogen-bond donors (Lipinski definition) is 3. The highest BCUT2D eigenvalue weighted by atomic mass is 31.3. The van der Waals surface area contributed by atoms with Crippen molar-refractivity contribution in [2.45, 2.75) is 37.9 Å². The monoisotopic (exact) mass is 506 g/mol. The van der Waals surface area contributed by atoms with Gasteiger partial charge in [0.15, 0.2) is 6.23 Å². The molecular weight excluding hydrogens is 489 g/mol. The van der Waals surface area contributed by atoms with E-state index in [-0.39, 0.29) is 5.56 Å². The summed E-state index contributed by atoms with van der Waals surface area (Å²) in [7, 11) is -11.2. The van der Waals surface area contributed by atoms with Gasteiger partial charge in [-0.2, -0.15) is 4.31 Å². The molecule has 3 saturated heterocycles. The summed E-state index contributed by atoms with van der Waals surface area (Å²) in [5, 5.41) is 0. The predicted octanol–water partition coefficient (Wildman–Crippen LogP) is -0.0359. The summed E-state index contributed by atoms with van der Waals surface area (Å²) < 4.78 is 64.3. The van der Waals surface area contributed by atoms with Crippen LogP contribution in [0.1, 0.15) is 11.8 Å². The molecule has 19 heteroatoms. The van der Waals surface area contributed by atoms with E-state index in [1.807, 2.05) is 0 Å². The Labute approximate surface area is 174 Å². The van der Waals surface area contributed by atoms with Gasteiger partial charge in [-0.1, -0.05) is 0 Å². The molecule has 0 aliphatic carbocycles. The average Bonchev–Trinajstić information content (AvgIpc) is 3.20. The fraction of sp³-hybridized carbons (Fsp3) is 0.667. The summed E-state index contributed by atoms with van der Waals surface area (Å²) in [5.74, 6) is 0. The quantitative estimate of drug-likeness (QED) is 0.449. The number of nitrogens with one attached hydrogen (secondary N) is 1. The minimum absolute atomic E-state index is 0.242. The van der Waals surface area contributed by atoms with Gasteiger partial charge >= 0.3 is 29.9 Å². The molecule has 4 heterocycles. The molecule has 174 valence electrons. The lowest BCUT2D eigenvalue weighted by Gasteiger charge is -2.27. The standard InChI is InChI=1S/C12H17N2O14P3/c1-5-3-14(11(16)13-9(5)15)10-8-7(24-12(21-2)25-8)6(23-10)4-22-29-26-30(17,18)28-31(19,20)27-29/h3,6-8,10,12H,4H2,1-2H3,(H,17,18)(H,19,20)(H,13,15,16)/t6-,7+,8?,10-,12?/m1/s1. The van der Waals surface area contributed by atoms with Crippen molar-refractivity contribution in [3.8, 4) is 0 Å². The van der Waals surface area contributed by atoms with Gasteiger partial charge in [0.1, 0.15) is 18.3 Å². The van der Waals surface area contributed by atoms with E-state index < -0.39 is 73.1 Å². The van der Waals surface area contributed by atoms with Gasteiger partial charge in [-0.3, -0.25) is 14.3 Å². The summed E-state index contributed by atoms with van der Waals surface area (Å²) in [6.45, 7) is -0.00508. The highest BCUT2D eigenvalue weighted by Crippen LogP contribution is 2.76. The molecule has 7 atom stereocenters. The topological polar surface area (TPSA) is 203 Å². The van der Waals surface area contributed by atoms with E-state index >= 15 is 0 Å². The van der Waals surface area contributed by atoms with Crippen molar-refractivity contribution in [1.29, 1.82) is 0 Å². The lowest BCUT2D eigenvalue weighted by atomic mass is 10.1. The zero-order valence-electron chi connectivity index (χ0n) is 15.8. The molecule has 16 nitrogen and oxygen atoms in total. The molecule has 3 aliphatic rings. The molecule has 3 N–H and O–H groups in total. The van der Waals surface area contributed by atoms with Gasteiger partial charge in [-0.25, -0.2) is 22.5 Å². The third-order valence-electron chi connectivity index (χ3n) is 4.32. The van der Waals surface area contributed by atoms with Crippen LogP contribution in [0.15, 0.2) is 15.8 Å². The highest BCUT2D eigenvalue weighted by Gasteiger charge is 2.55.